The summed E-state index contributed by atoms with van der Waals surface area (Å²) in [6.07, 6.45) is -0.0190. The van der Waals surface area contributed by atoms with Crippen LogP contribution in [-0.2, 0) is 0 Å². The molecule has 0 spiro atoms. The summed E-state index contributed by atoms with van der Waals surface area (Å²) in [4.78, 5) is 0. The van der Waals surface area contributed by atoms with Crippen LogP contribution in [0.5, 0.6) is 0 Å². The Balaban J connectivity index is 5.11. The first-order chi connectivity index (χ1) is 7.50. The van der Waals surface area contributed by atoms with Crippen molar-refractivity contribution in [1.29, 1.82) is 0 Å². The van der Waals surface area contributed by atoms with Crippen molar-refractivity contribution in [2.75, 3.05) is 0 Å². The standard InChI is InChI=1S/C14H21F3/c1-7-12(11(3)13(4,5)6)9-8-10(2)14(15,16)17/h7-9,11H,1H2,2-6H3/b10-8+,12-9+. The van der Waals surface area contributed by atoms with E-state index in [9.17, 15) is 13.2 Å². The molecule has 0 amide bonds. The van der Waals surface area contributed by atoms with Gasteiger partial charge in [0.2, 0.25) is 0 Å². The second-order valence-electron chi connectivity index (χ2n) is 5.31. The van der Waals surface area contributed by atoms with Gasteiger partial charge in [-0.05, 0) is 23.8 Å². The van der Waals surface area contributed by atoms with Crippen molar-refractivity contribution in [3.05, 3.63) is 36.0 Å². The normalized spacial score (nSPS) is 16.9. The molecule has 0 aliphatic heterocycles. The molecule has 98 valence electrons. The second kappa shape index (κ2) is 5.56. The van der Waals surface area contributed by atoms with Crippen LogP contribution in [0.4, 0.5) is 13.2 Å². The molecular formula is C14H21F3. The fraction of sp³-hybridized carbons (Fsp3) is 0.571. The summed E-state index contributed by atoms with van der Waals surface area (Å²) in [5.41, 5.74) is 0.221. The molecule has 0 aromatic carbocycles. The van der Waals surface area contributed by atoms with Gasteiger partial charge in [0, 0.05) is 5.57 Å². The first-order valence-electron chi connectivity index (χ1n) is 5.58. The SMILES string of the molecule is C=C/C(=C\C=C(/C)C(F)(F)F)C(C)C(C)(C)C. The minimum Gasteiger partial charge on any atom is -0.166 e. The highest BCUT2D eigenvalue weighted by Crippen LogP contribution is 2.32. The van der Waals surface area contributed by atoms with Crippen molar-refractivity contribution in [1.82, 2.24) is 0 Å². The van der Waals surface area contributed by atoms with E-state index in [1.807, 2.05) is 6.92 Å². The van der Waals surface area contributed by atoms with Gasteiger partial charge in [-0.3, -0.25) is 0 Å². The molecule has 0 saturated carbocycles. The van der Waals surface area contributed by atoms with Gasteiger partial charge >= 0.3 is 6.18 Å². The van der Waals surface area contributed by atoms with Crippen LogP contribution in [0.25, 0.3) is 0 Å². The van der Waals surface area contributed by atoms with E-state index in [0.717, 1.165) is 18.6 Å². The Kier molecular flexibility index (Phi) is 5.24. The Hall–Kier alpha value is -0.990. The fourth-order valence-electron chi connectivity index (χ4n) is 1.20. The van der Waals surface area contributed by atoms with Crippen molar-refractivity contribution in [2.24, 2.45) is 11.3 Å². The Morgan fingerprint density at radius 3 is 1.88 bits per heavy atom. The quantitative estimate of drug-likeness (QED) is 0.593. The van der Waals surface area contributed by atoms with Gasteiger partial charge in [0.25, 0.3) is 0 Å². The molecule has 1 unspecified atom stereocenters. The lowest BCUT2D eigenvalue weighted by Gasteiger charge is -2.28. The van der Waals surface area contributed by atoms with Gasteiger partial charge < -0.3 is 0 Å². The van der Waals surface area contributed by atoms with E-state index >= 15 is 0 Å². The maximum atomic E-state index is 12.3. The minimum atomic E-state index is -4.26. The largest absolute Gasteiger partial charge is 0.412 e. The van der Waals surface area contributed by atoms with Gasteiger partial charge in [-0.15, -0.1) is 0 Å². The molecule has 0 saturated heterocycles. The van der Waals surface area contributed by atoms with Crippen molar-refractivity contribution in [2.45, 2.75) is 40.8 Å². The molecule has 0 aliphatic carbocycles. The van der Waals surface area contributed by atoms with Crippen LogP contribution in [0.3, 0.4) is 0 Å². The number of rotatable bonds is 3. The van der Waals surface area contributed by atoms with Gasteiger partial charge in [0.1, 0.15) is 0 Å². The van der Waals surface area contributed by atoms with Gasteiger partial charge in [-0.2, -0.15) is 13.2 Å². The van der Waals surface area contributed by atoms with Crippen LogP contribution in [0.1, 0.15) is 34.6 Å². The summed E-state index contributed by atoms with van der Waals surface area (Å²) >= 11 is 0. The molecular weight excluding hydrogens is 225 g/mol. The van der Waals surface area contributed by atoms with E-state index in [1.54, 1.807) is 6.08 Å². The van der Waals surface area contributed by atoms with Crippen LogP contribution in [0.15, 0.2) is 36.0 Å². The molecule has 1 atom stereocenters. The average molecular weight is 246 g/mol. The van der Waals surface area contributed by atoms with Gasteiger partial charge in [-0.25, -0.2) is 0 Å². The lowest BCUT2D eigenvalue weighted by Crippen LogP contribution is -2.18. The summed E-state index contributed by atoms with van der Waals surface area (Å²) < 4.78 is 36.9. The zero-order valence-corrected chi connectivity index (χ0v) is 11.2. The van der Waals surface area contributed by atoms with E-state index in [1.165, 1.54) is 6.08 Å². The molecule has 0 aromatic heterocycles. The molecule has 0 aliphatic rings. The van der Waals surface area contributed by atoms with Gasteiger partial charge in [0.15, 0.2) is 0 Å². The maximum absolute atomic E-state index is 12.3. The van der Waals surface area contributed by atoms with E-state index in [0.29, 0.717) is 0 Å². The van der Waals surface area contributed by atoms with Crippen LogP contribution in [-0.4, -0.2) is 6.18 Å². The first-order valence-corrected chi connectivity index (χ1v) is 5.58. The highest BCUT2D eigenvalue weighted by Gasteiger charge is 2.29. The van der Waals surface area contributed by atoms with E-state index in [-0.39, 0.29) is 11.3 Å². The molecule has 0 aromatic rings. The summed E-state index contributed by atoms with van der Waals surface area (Å²) in [7, 11) is 0. The number of alkyl halides is 3. The molecule has 0 nitrogen and oxygen atoms in total. The van der Waals surface area contributed by atoms with E-state index in [2.05, 4.69) is 27.4 Å². The summed E-state index contributed by atoms with van der Waals surface area (Å²) in [5, 5.41) is 0. The summed E-state index contributed by atoms with van der Waals surface area (Å²) in [6.45, 7) is 12.9. The Morgan fingerprint density at radius 2 is 1.59 bits per heavy atom. The molecule has 3 heteroatoms. The third kappa shape index (κ3) is 5.24. The Bertz CT molecular complexity index is 324. The fourth-order valence-corrected chi connectivity index (χ4v) is 1.20. The lowest BCUT2D eigenvalue weighted by atomic mass is 9.77. The van der Waals surface area contributed by atoms with Crippen LogP contribution >= 0.6 is 0 Å². The van der Waals surface area contributed by atoms with Crippen molar-refractivity contribution >= 4 is 0 Å². The molecule has 0 heterocycles. The van der Waals surface area contributed by atoms with Crippen LogP contribution < -0.4 is 0 Å². The zero-order chi connectivity index (χ0) is 13.9. The summed E-state index contributed by atoms with van der Waals surface area (Å²) in [5.74, 6) is 0.150. The number of allylic oxidation sites excluding steroid dienone is 5. The predicted octanol–water partition coefficient (Wildman–Crippen LogP) is 5.29. The topological polar surface area (TPSA) is 0 Å². The second-order valence-corrected chi connectivity index (χ2v) is 5.31. The minimum absolute atomic E-state index is 0.000000591. The first kappa shape index (κ1) is 16.0. The number of hydrogen-bond donors (Lipinski definition) is 0. The van der Waals surface area contributed by atoms with E-state index in [4.69, 9.17) is 0 Å². The van der Waals surface area contributed by atoms with Gasteiger partial charge in [0.05, 0.1) is 0 Å². The average Bonchev–Trinajstić information content (AvgIpc) is 2.15. The molecule has 0 radical (unpaired) electrons. The smallest absolute Gasteiger partial charge is 0.166 e. The van der Waals surface area contributed by atoms with Crippen LogP contribution in [0, 0.1) is 11.3 Å². The Labute approximate surface area is 102 Å². The molecule has 17 heavy (non-hydrogen) atoms. The Morgan fingerprint density at radius 1 is 1.12 bits per heavy atom. The molecule has 0 rings (SSSR count). The van der Waals surface area contributed by atoms with Gasteiger partial charge in [-0.1, -0.05) is 52.5 Å². The highest BCUT2D eigenvalue weighted by molar-refractivity contribution is 5.28. The summed E-state index contributed by atoms with van der Waals surface area (Å²) in [6, 6.07) is 0. The molecule has 0 fully saturated rings. The van der Waals surface area contributed by atoms with Crippen molar-refractivity contribution in [3.63, 3.8) is 0 Å². The molecule has 0 bridgehead atoms. The third-order valence-electron chi connectivity index (χ3n) is 3.01. The van der Waals surface area contributed by atoms with Crippen LogP contribution in [0.2, 0.25) is 0 Å². The lowest BCUT2D eigenvalue weighted by molar-refractivity contribution is -0.0913. The van der Waals surface area contributed by atoms with Crippen molar-refractivity contribution < 1.29 is 13.2 Å². The monoisotopic (exact) mass is 246 g/mol. The maximum Gasteiger partial charge on any atom is 0.412 e. The number of halogens is 3. The predicted molar refractivity (Wildman–Crippen MR) is 66.7 cm³/mol. The molecule has 0 N–H and O–H groups in total. The van der Waals surface area contributed by atoms with E-state index < -0.39 is 11.7 Å². The highest BCUT2D eigenvalue weighted by atomic mass is 19.4. The number of hydrogen-bond acceptors (Lipinski definition) is 0. The van der Waals surface area contributed by atoms with Crippen molar-refractivity contribution in [3.8, 4) is 0 Å². The third-order valence-corrected chi connectivity index (χ3v) is 3.01. The zero-order valence-electron chi connectivity index (χ0n) is 11.2.